The Morgan fingerprint density at radius 3 is 3.21 bits per heavy atom. The lowest BCUT2D eigenvalue weighted by atomic mass is 9.98. The molecule has 1 aliphatic heterocycles. The summed E-state index contributed by atoms with van der Waals surface area (Å²) >= 11 is 1.24. The SMILES string of the molecule is O=S(=O)(NC[C@@H]1CCn2ccnc2C1)c1cccs1. The molecule has 102 valence electrons. The van der Waals surface area contributed by atoms with Crippen LogP contribution in [-0.2, 0) is 23.0 Å². The van der Waals surface area contributed by atoms with Crippen molar-refractivity contribution in [3.63, 3.8) is 0 Å². The second-order valence-corrected chi connectivity index (χ2v) is 7.62. The van der Waals surface area contributed by atoms with E-state index in [1.165, 1.54) is 11.3 Å². The Kier molecular flexibility index (Phi) is 3.42. The molecular formula is C12H15N3O2S2. The highest BCUT2D eigenvalue weighted by Gasteiger charge is 2.22. The number of hydrogen-bond acceptors (Lipinski definition) is 4. The van der Waals surface area contributed by atoms with Gasteiger partial charge >= 0.3 is 0 Å². The molecule has 0 fully saturated rings. The molecule has 0 aromatic carbocycles. The van der Waals surface area contributed by atoms with Crippen LogP contribution in [0.25, 0.3) is 0 Å². The van der Waals surface area contributed by atoms with Crippen LogP contribution in [0, 0.1) is 5.92 Å². The van der Waals surface area contributed by atoms with Crippen LogP contribution in [0.1, 0.15) is 12.2 Å². The molecular weight excluding hydrogens is 282 g/mol. The molecule has 1 N–H and O–H groups in total. The van der Waals surface area contributed by atoms with Crippen LogP contribution >= 0.6 is 11.3 Å². The van der Waals surface area contributed by atoms with E-state index in [1.807, 2.05) is 6.20 Å². The molecule has 3 rings (SSSR count). The first-order chi connectivity index (χ1) is 9.15. The lowest BCUT2D eigenvalue weighted by Crippen LogP contribution is -2.32. The largest absolute Gasteiger partial charge is 0.335 e. The van der Waals surface area contributed by atoms with Crippen LogP contribution in [0.4, 0.5) is 0 Å². The highest BCUT2D eigenvalue weighted by molar-refractivity contribution is 7.91. The molecule has 2 aromatic heterocycles. The minimum atomic E-state index is -3.34. The van der Waals surface area contributed by atoms with E-state index in [2.05, 4.69) is 14.3 Å². The van der Waals surface area contributed by atoms with E-state index >= 15 is 0 Å². The third kappa shape index (κ3) is 2.72. The Morgan fingerprint density at radius 1 is 1.53 bits per heavy atom. The summed E-state index contributed by atoms with van der Waals surface area (Å²) in [6.45, 7) is 1.40. The maximum absolute atomic E-state index is 12.0. The van der Waals surface area contributed by atoms with Gasteiger partial charge in [0.1, 0.15) is 10.0 Å². The van der Waals surface area contributed by atoms with Crippen LogP contribution < -0.4 is 4.72 Å². The zero-order chi connectivity index (χ0) is 13.3. The summed E-state index contributed by atoms with van der Waals surface area (Å²) in [7, 11) is -3.34. The smallest absolute Gasteiger partial charge is 0.250 e. The third-order valence-electron chi connectivity index (χ3n) is 3.37. The Bertz CT molecular complexity index is 646. The van der Waals surface area contributed by atoms with Crippen molar-refractivity contribution in [3.05, 3.63) is 35.7 Å². The Hall–Kier alpha value is -1.18. The first-order valence-electron chi connectivity index (χ1n) is 6.18. The fourth-order valence-electron chi connectivity index (χ4n) is 2.30. The minimum absolute atomic E-state index is 0.324. The van der Waals surface area contributed by atoms with E-state index in [0.717, 1.165) is 25.2 Å². The lowest BCUT2D eigenvalue weighted by Gasteiger charge is -2.23. The van der Waals surface area contributed by atoms with Crippen molar-refractivity contribution in [2.24, 2.45) is 5.92 Å². The van der Waals surface area contributed by atoms with Crippen molar-refractivity contribution >= 4 is 21.4 Å². The number of imidazole rings is 1. The number of thiophene rings is 1. The zero-order valence-electron chi connectivity index (χ0n) is 10.3. The number of aromatic nitrogens is 2. The second kappa shape index (κ2) is 5.07. The monoisotopic (exact) mass is 297 g/mol. The van der Waals surface area contributed by atoms with Crippen molar-refractivity contribution < 1.29 is 8.42 Å². The molecule has 0 radical (unpaired) electrons. The third-order valence-corrected chi connectivity index (χ3v) is 6.19. The molecule has 0 saturated heterocycles. The van der Waals surface area contributed by atoms with E-state index < -0.39 is 10.0 Å². The normalized spacial score (nSPS) is 19.3. The number of aryl methyl sites for hydroxylation is 1. The number of sulfonamides is 1. The fraction of sp³-hybridized carbons (Fsp3) is 0.417. The van der Waals surface area contributed by atoms with E-state index in [4.69, 9.17) is 0 Å². The molecule has 0 amide bonds. The zero-order valence-corrected chi connectivity index (χ0v) is 12.0. The van der Waals surface area contributed by atoms with Crippen LogP contribution in [0.15, 0.2) is 34.1 Å². The van der Waals surface area contributed by atoms with E-state index in [-0.39, 0.29) is 0 Å². The molecule has 0 unspecified atom stereocenters. The summed E-state index contributed by atoms with van der Waals surface area (Å²) < 4.78 is 29.2. The molecule has 3 heterocycles. The summed E-state index contributed by atoms with van der Waals surface area (Å²) in [5.41, 5.74) is 0. The van der Waals surface area contributed by atoms with Gasteiger partial charge in [-0.15, -0.1) is 11.3 Å². The Labute approximate surface area is 116 Å². The Morgan fingerprint density at radius 2 is 2.42 bits per heavy atom. The maximum atomic E-state index is 12.0. The molecule has 1 atom stereocenters. The molecule has 0 spiro atoms. The van der Waals surface area contributed by atoms with Crippen molar-refractivity contribution in [1.29, 1.82) is 0 Å². The first kappa shape index (κ1) is 12.8. The van der Waals surface area contributed by atoms with Gasteiger partial charge in [-0.2, -0.15) is 0 Å². The number of hydrogen-bond donors (Lipinski definition) is 1. The number of nitrogens with one attached hydrogen (secondary N) is 1. The van der Waals surface area contributed by atoms with Crippen molar-refractivity contribution in [2.75, 3.05) is 6.54 Å². The van der Waals surface area contributed by atoms with Crippen LogP contribution in [-0.4, -0.2) is 24.5 Å². The number of nitrogens with zero attached hydrogens (tertiary/aromatic N) is 2. The standard InChI is InChI=1S/C12H15N3O2S2/c16-19(17,12-2-1-7-18-12)14-9-10-3-5-15-6-4-13-11(15)8-10/h1-2,4,6-7,10,14H,3,5,8-9H2/t10-/m1/s1. The minimum Gasteiger partial charge on any atom is -0.335 e. The van der Waals surface area contributed by atoms with Crippen molar-refractivity contribution in [2.45, 2.75) is 23.6 Å². The highest BCUT2D eigenvalue weighted by atomic mass is 32.2. The van der Waals surface area contributed by atoms with Crippen LogP contribution in [0.2, 0.25) is 0 Å². The average Bonchev–Trinajstić information content (AvgIpc) is 3.07. The molecule has 5 nitrogen and oxygen atoms in total. The van der Waals surface area contributed by atoms with E-state index in [9.17, 15) is 8.42 Å². The van der Waals surface area contributed by atoms with Gasteiger partial charge in [-0.05, 0) is 23.8 Å². The molecule has 2 aromatic rings. The lowest BCUT2D eigenvalue weighted by molar-refractivity contribution is 0.379. The molecule has 19 heavy (non-hydrogen) atoms. The maximum Gasteiger partial charge on any atom is 0.250 e. The van der Waals surface area contributed by atoms with Gasteiger partial charge in [0.05, 0.1) is 0 Å². The topological polar surface area (TPSA) is 64.0 Å². The molecule has 0 saturated carbocycles. The fourth-order valence-corrected chi connectivity index (χ4v) is 4.46. The van der Waals surface area contributed by atoms with E-state index in [0.29, 0.717) is 16.7 Å². The van der Waals surface area contributed by atoms with Crippen LogP contribution in [0.5, 0.6) is 0 Å². The average molecular weight is 297 g/mol. The number of fused-ring (bicyclic) bond motifs is 1. The summed E-state index contributed by atoms with van der Waals surface area (Å²) in [6, 6.07) is 3.37. The highest BCUT2D eigenvalue weighted by Crippen LogP contribution is 2.20. The van der Waals surface area contributed by atoms with Crippen molar-refractivity contribution in [3.8, 4) is 0 Å². The molecule has 0 aliphatic carbocycles. The first-order valence-corrected chi connectivity index (χ1v) is 8.54. The van der Waals surface area contributed by atoms with Gasteiger partial charge in [-0.25, -0.2) is 18.1 Å². The van der Waals surface area contributed by atoms with Crippen molar-refractivity contribution in [1.82, 2.24) is 14.3 Å². The predicted octanol–water partition coefficient (Wildman–Crippen LogP) is 1.49. The predicted molar refractivity (Wildman–Crippen MR) is 73.5 cm³/mol. The summed E-state index contributed by atoms with van der Waals surface area (Å²) in [6.07, 6.45) is 5.59. The van der Waals surface area contributed by atoms with E-state index in [1.54, 1.807) is 23.7 Å². The van der Waals surface area contributed by atoms with Gasteiger partial charge in [0.25, 0.3) is 0 Å². The van der Waals surface area contributed by atoms with Gasteiger partial charge < -0.3 is 4.57 Å². The number of rotatable bonds is 4. The van der Waals surface area contributed by atoms with Gasteiger partial charge in [0, 0.05) is 31.9 Å². The summed E-state index contributed by atoms with van der Waals surface area (Å²) in [5.74, 6) is 1.37. The molecule has 7 heteroatoms. The molecule has 0 bridgehead atoms. The second-order valence-electron chi connectivity index (χ2n) is 4.68. The van der Waals surface area contributed by atoms with Gasteiger partial charge in [0.15, 0.2) is 0 Å². The van der Waals surface area contributed by atoms with Gasteiger partial charge in [-0.3, -0.25) is 0 Å². The Balaban J connectivity index is 1.62. The van der Waals surface area contributed by atoms with Gasteiger partial charge in [-0.1, -0.05) is 6.07 Å². The quantitative estimate of drug-likeness (QED) is 0.930. The van der Waals surface area contributed by atoms with Gasteiger partial charge in [0.2, 0.25) is 10.0 Å². The molecule has 1 aliphatic rings. The summed E-state index contributed by atoms with van der Waals surface area (Å²) in [5, 5.41) is 1.77. The van der Waals surface area contributed by atoms with Crippen LogP contribution in [0.3, 0.4) is 0 Å². The summed E-state index contributed by atoms with van der Waals surface area (Å²) in [4.78, 5) is 4.29.